The van der Waals surface area contributed by atoms with Crippen LogP contribution in [0.4, 0.5) is 4.39 Å². The molecule has 29 heavy (non-hydrogen) atoms. The third-order valence-corrected chi connectivity index (χ3v) is 4.77. The smallest absolute Gasteiger partial charge is 0.218 e. The molecule has 0 atom stereocenters. The van der Waals surface area contributed by atoms with Crippen molar-refractivity contribution < 1.29 is 13.9 Å². The second-order valence-electron chi connectivity index (χ2n) is 6.71. The Kier molecular flexibility index (Phi) is 5.42. The summed E-state index contributed by atoms with van der Waals surface area (Å²) in [5, 5.41) is 0.868. The van der Waals surface area contributed by atoms with Gasteiger partial charge in [0.05, 0.1) is 24.8 Å². The van der Waals surface area contributed by atoms with Gasteiger partial charge >= 0.3 is 0 Å². The zero-order valence-electron chi connectivity index (χ0n) is 16.4. The van der Waals surface area contributed by atoms with Crippen molar-refractivity contribution >= 4 is 11.0 Å². The Morgan fingerprint density at radius 3 is 2.48 bits per heavy atom. The van der Waals surface area contributed by atoms with Crippen LogP contribution in [0, 0.1) is 5.82 Å². The summed E-state index contributed by atoms with van der Waals surface area (Å²) in [6.45, 7) is 2.73. The molecule has 3 aromatic heterocycles. The van der Waals surface area contributed by atoms with Crippen LogP contribution in [-0.4, -0.2) is 28.7 Å². The first-order chi connectivity index (χ1) is 14.2. The third-order valence-electron chi connectivity index (χ3n) is 4.77. The lowest BCUT2D eigenvalue weighted by atomic mass is 9.99. The van der Waals surface area contributed by atoms with Crippen LogP contribution in [-0.2, 0) is 0 Å². The van der Waals surface area contributed by atoms with Crippen molar-refractivity contribution in [3.05, 3.63) is 60.7 Å². The summed E-state index contributed by atoms with van der Waals surface area (Å²) >= 11 is 0. The number of aromatic amines is 1. The van der Waals surface area contributed by atoms with Crippen LogP contribution in [0.25, 0.3) is 33.4 Å². The molecule has 0 fully saturated rings. The van der Waals surface area contributed by atoms with E-state index in [0.717, 1.165) is 40.6 Å². The van der Waals surface area contributed by atoms with E-state index in [1.54, 1.807) is 31.6 Å². The summed E-state index contributed by atoms with van der Waals surface area (Å²) in [5.74, 6) is 0.896. The number of ether oxygens (including phenoxy) is 2. The minimum absolute atomic E-state index is 0.279. The SMILES string of the molecule is CCCCOc1cc(OC)nc2[nH]c(-c3ccc(F)cc3)c(-c3ccncc3)c12. The molecule has 0 radical (unpaired) electrons. The van der Waals surface area contributed by atoms with Gasteiger partial charge in [-0.05, 0) is 53.9 Å². The van der Waals surface area contributed by atoms with Crippen molar-refractivity contribution in [1.29, 1.82) is 0 Å². The molecule has 0 saturated heterocycles. The van der Waals surface area contributed by atoms with Crippen molar-refractivity contribution in [3.63, 3.8) is 0 Å². The van der Waals surface area contributed by atoms with Crippen LogP contribution >= 0.6 is 0 Å². The molecule has 0 aliphatic rings. The summed E-state index contributed by atoms with van der Waals surface area (Å²) in [6.07, 6.45) is 5.48. The van der Waals surface area contributed by atoms with Crippen LogP contribution in [0.2, 0.25) is 0 Å². The van der Waals surface area contributed by atoms with Crippen molar-refractivity contribution in [1.82, 2.24) is 15.0 Å². The number of aromatic nitrogens is 3. The van der Waals surface area contributed by atoms with E-state index in [-0.39, 0.29) is 5.82 Å². The van der Waals surface area contributed by atoms with Crippen LogP contribution in [0.5, 0.6) is 11.6 Å². The predicted molar refractivity (Wildman–Crippen MR) is 112 cm³/mol. The molecular formula is C23H22FN3O2. The normalized spacial score (nSPS) is 11.0. The molecule has 0 bridgehead atoms. The quantitative estimate of drug-likeness (QED) is 0.416. The van der Waals surface area contributed by atoms with Gasteiger partial charge in [-0.15, -0.1) is 0 Å². The van der Waals surface area contributed by atoms with E-state index in [1.165, 1.54) is 12.1 Å². The Balaban J connectivity index is 1.99. The highest BCUT2D eigenvalue weighted by Gasteiger charge is 2.21. The zero-order valence-corrected chi connectivity index (χ0v) is 16.4. The summed E-state index contributed by atoms with van der Waals surface area (Å²) in [7, 11) is 1.58. The van der Waals surface area contributed by atoms with Gasteiger partial charge < -0.3 is 14.5 Å². The molecule has 0 amide bonds. The van der Waals surface area contributed by atoms with Crippen molar-refractivity contribution in [2.24, 2.45) is 0 Å². The molecule has 4 aromatic rings. The Bertz CT molecular complexity index is 1110. The standard InChI is InChI=1S/C23H22FN3O2/c1-3-4-13-29-18-14-19(28-2)26-23-21(18)20(15-9-11-25-12-10-15)22(27-23)16-5-7-17(24)8-6-16/h5-12,14H,3-4,13H2,1-2H3,(H,26,27). The molecule has 6 heteroatoms. The van der Waals surface area contributed by atoms with Crippen LogP contribution < -0.4 is 9.47 Å². The minimum Gasteiger partial charge on any atom is -0.493 e. The fourth-order valence-corrected chi connectivity index (χ4v) is 3.32. The maximum atomic E-state index is 13.5. The van der Waals surface area contributed by atoms with Crippen molar-refractivity contribution in [2.75, 3.05) is 13.7 Å². The maximum Gasteiger partial charge on any atom is 0.218 e. The highest BCUT2D eigenvalue weighted by atomic mass is 19.1. The van der Waals surface area contributed by atoms with E-state index in [2.05, 4.69) is 21.9 Å². The lowest BCUT2D eigenvalue weighted by molar-refractivity contribution is 0.309. The highest BCUT2D eigenvalue weighted by molar-refractivity contribution is 6.05. The molecule has 0 aliphatic carbocycles. The average molecular weight is 391 g/mol. The summed E-state index contributed by atoms with van der Waals surface area (Å²) in [6, 6.07) is 12.1. The molecule has 0 spiro atoms. The van der Waals surface area contributed by atoms with Crippen LogP contribution in [0.1, 0.15) is 19.8 Å². The number of benzene rings is 1. The van der Waals surface area contributed by atoms with Gasteiger partial charge in [0.15, 0.2) is 0 Å². The van der Waals surface area contributed by atoms with E-state index < -0.39 is 0 Å². The summed E-state index contributed by atoms with van der Waals surface area (Å²) in [4.78, 5) is 12.1. The molecule has 1 aromatic carbocycles. The van der Waals surface area contributed by atoms with E-state index in [4.69, 9.17) is 9.47 Å². The van der Waals surface area contributed by atoms with Crippen molar-refractivity contribution in [2.45, 2.75) is 19.8 Å². The number of hydrogen-bond donors (Lipinski definition) is 1. The molecule has 0 unspecified atom stereocenters. The summed E-state index contributed by atoms with van der Waals surface area (Å²) in [5.41, 5.74) is 4.26. The third kappa shape index (κ3) is 3.78. The number of unbranched alkanes of at least 4 members (excludes halogenated alkanes) is 1. The number of halogens is 1. The molecule has 0 aliphatic heterocycles. The van der Waals surface area contributed by atoms with E-state index in [9.17, 15) is 4.39 Å². The van der Waals surface area contributed by atoms with Crippen LogP contribution in [0.3, 0.4) is 0 Å². The van der Waals surface area contributed by atoms with Gasteiger partial charge in [-0.1, -0.05) is 13.3 Å². The Hall–Kier alpha value is -3.41. The predicted octanol–water partition coefficient (Wildman–Crippen LogP) is 5.62. The zero-order chi connectivity index (χ0) is 20.2. The number of hydrogen-bond acceptors (Lipinski definition) is 4. The van der Waals surface area contributed by atoms with Gasteiger partial charge in [0.2, 0.25) is 5.88 Å². The number of rotatable bonds is 7. The number of fused-ring (bicyclic) bond motifs is 1. The number of methoxy groups -OCH3 is 1. The fourth-order valence-electron chi connectivity index (χ4n) is 3.32. The first kappa shape index (κ1) is 18.9. The van der Waals surface area contributed by atoms with Gasteiger partial charge in [-0.25, -0.2) is 4.39 Å². The van der Waals surface area contributed by atoms with E-state index >= 15 is 0 Å². The van der Waals surface area contributed by atoms with Crippen molar-refractivity contribution in [3.8, 4) is 34.0 Å². The van der Waals surface area contributed by atoms with Crippen LogP contribution in [0.15, 0.2) is 54.9 Å². The fraction of sp³-hybridized carbons (Fsp3) is 0.217. The molecule has 148 valence electrons. The van der Waals surface area contributed by atoms with Gasteiger partial charge in [0, 0.05) is 24.0 Å². The lowest BCUT2D eigenvalue weighted by Gasteiger charge is -2.11. The Morgan fingerprint density at radius 2 is 1.79 bits per heavy atom. The first-order valence-electron chi connectivity index (χ1n) is 9.61. The largest absolute Gasteiger partial charge is 0.493 e. The molecule has 3 heterocycles. The summed E-state index contributed by atoms with van der Waals surface area (Å²) < 4.78 is 25.0. The molecule has 4 rings (SSSR count). The average Bonchev–Trinajstić information content (AvgIpc) is 3.14. The number of H-pyrrole nitrogens is 1. The van der Waals surface area contributed by atoms with Gasteiger partial charge in [0.25, 0.3) is 0 Å². The maximum absolute atomic E-state index is 13.5. The monoisotopic (exact) mass is 391 g/mol. The highest BCUT2D eigenvalue weighted by Crippen LogP contribution is 2.43. The molecule has 1 N–H and O–H groups in total. The number of nitrogens with zero attached hydrogens (tertiary/aromatic N) is 2. The second kappa shape index (κ2) is 8.31. The molecule has 0 saturated carbocycles. The van der Waals surface area contributed by atoms with Gasteiger partial charge in [0.1, 0.15) is 17.2 Å². The topological polar surface area (TPSA) is 60.0 Å². The minimum atomic E-state index is -0.279. The second-order valence-corrected chi connectivity index (χ2v) is 6.71. The van der Waals surface area contributed by atoms with Gasteiger partial charge in [-0.3, -0.25) is 4.98 Å². The Morgan fingerprint density at radius 1 is 1.03 bits per heavy atom. The molecular weight excluding hydrogens is 369 g/mol. The van der Waals surface area contributed by atoms with E-state index in [0.29, 0.717) is 23.9 Å². The number of pyridine rings is 2. The van der Waals surface area contributed by atoms with E-state index in [1.807, 2.05) is 18.2 Å². The molecule has 5 nitrogen and oxygen atoms in total. The number of nitrogens with one attached hydrogen (secondary N) is 1. The first-order valence-corrected chi connectivity index (χ1v) is 9.61. The Labute approximate surface area is 168 Å². The lowest BCUT2D eigenvalue weighted by Crippen LogP contribution is -1.99. The van der Waals surface area contributed by atoms with Gasteiger partial charge in [-0.2, -0.15) is 4.98 Å².